The molecule has 32 heavy (non-hydrogen) atoms. The van der Waals surface area contributed by atoms with E-state index in [-0.39, 0.29) is 11.9 Å². The van der Waals surface area contributed by atoms with Gasteiger partial charge in [-0.05, 0) is 43.7 Å². The van der Waals surface area contributed by atoms with E-state index in [1.807, 2.05) is 42.2 Å². The average molecular weight is 449 g/mol. The summed E-state index contributed by atoms with van der Waals surface area (Å²) < 4.78 is 6.01. The second-order valence-corrected chi connectivity index (χ2v) is 8.90. The Balaban J connectivity index is 1.28. The van der Waals surface area contributed by atoms with Gasteiger partial charge in [-0.3, -0.25) is 4.79 Å². The molecule has 2 saturated heterocycles. The van der Waals surface area contributed by atoms with Gasteiger partial charge in [0, 0.05) is 30.6 Å². The van der Waals surface area contributed by atoms with Crippen molar-refractivity contribution in [2.24, 2.45) is 5.92 Å². The summed E-state index contributed by atoms with van der Waals surface area (Å²) in [4.78, 5) is 23.8. The van der Waals surface area contributed by atoms with Crippen LogP contribution in [0.3, 0.4) is 0 Å². The van der Waals surface area contributed by atoms with Crippen molar-refractivity contribution >= 4 is 34.6 Å². The smallest absolute Gasteiger partial charge is 0.298 e. The maximum Gasteiger partial charge on any atom is 0.298 e. The third-order valence-electron chi connectivity index (χ3n) is 6.44. The number of fused-ring (bicyclic) bond motifs is 2. The Bertz CT molecular complexity index is 1320. The molecule has 1 amide bonds. The molecule has 6 rings (SSSR count). The first-order chi connectivity index (χ1) is 15.6. The Kier molecular flexibility index (Phi) is 4.43. The highest BCUT2D eigenvalue weighted by atomic mass is 35.5. The SMILES string of the molecule is Cc1ccc(-n2nccn2)c(C(=O)N2CC3CCN(c4nc5cc(Cl)ccc5o4)C3C2)c1. The van der Waals surface area contributed by atoms with E-state index >= 15 is 0 Å². The van der Waals surface area contributed by atoms with Crippen LogP contribution in [-0.4, -0.2) is 56.5 Å². The Morgan fingerprint density at radius 3 is 2.81 bits per heavy atom. The highest BCUT2D eigenvalue weighted by Gasteiger charge is 2.45. The summed E-state index contributed by atoms with van der Waals surface area (Å²) in [6.45, 7) is 4.19. The number of carbonyl (C=O) groups excluding carboxylic acids is 1. The maximum atomic E-state index is 13.6. The largest absolute Gasteiger partial charge is 0.423 e. The predicted octanol–water partition coefficient (Wildman–Crippen LogP) is 3.72. The summed E-state index contributed by atoms with van der Waals surface area (Å²) >= 11 is 6.10. The van der Waals surface area contributed by atoms with Gasteiger partial charge >= 0.3 is 0 Å². The third-order valence-corrected chi connectivity index (χ3v) is 6.67. The first-order valence-electron chi connectivity index (χ1n) is 10.7. The monoisotopic (exact) mass is 448 g/mol. The molecular formula is C23H21ClN6O2. The number of likely N-dealkylation sites (tertiary alicyclic amines) is 1. The van der Waals surface area contributed by atoms with Crippen LogP contribution >= 0.6 is 11.6 Å². The first kappa shape index (κ1) is 19.3. The number of hydrogen-bond acceptors (Lipinski definition) is 6. The molecular weight excluding hydrogens is 428 g/mol. The number of benzene rings is 2. The lowest BCUT2D eigenvalue weighted by atomic mass is 10.1. The quantitative estimate of drug-likeness (QED) is 0.475. The minimum Gasteiger partial charge on any atom is -0.423 e. The normalized spacial score (nSPS) is 20.3. The van der Waals surface area contributed by atoms with Gasteiger partial charge < -0.3 is 14.2 Å². The Hall–Kier alpha value is -3.39. The first-order valence-corrected chi connectivity index (χ1v) is 11.0. The summed E-state index contributed by atoms with van der Waals surface area (Å²) in [6, 6.07) is 12.0. The molecule has 4 aromatic rings. The fourth-order valence-corrected chi connectivity index (χ4v) is 5.05. The van der Waals surface area contributed by atoms with Crippen LogP contribution in [0.15, 0.2) is 53.2 Å². The summed E-state index contributed by atoms with van der Waals surface area (Å²) in [5.41, 5.74) is 3.79. The molecule has 0 aliphatic carbocycles. The molecule has 0 N–H and O–H groups in total. The number of nitrogens with zero attached hydrogens (tertiary/aromatic N) is 6. The van der Waals surface area contributed by atoms with Gasteiger partial charge in [-0.15, -0.1) is 0 Å². The number of aryl methyl sites for hydroxylation is 1. The number of oxazole rings is 1. The van der Waals surface area contributed by atoms with Crippen molar-refractivity contribution in [3.05, 3.63) is 64.9 Å². The number of amides is 1. The summed E-state index contributed by atoms with van der Waals surface area (Å²) in [7, 11) is 0. The number of anilines is 1. The van der Waals surface area contributed by atoms with Gasteiger partial charge in [-0.1, -0.05) is 23.2 Å². The van der Waals surface area contributed by atoms with E-state index in [9.17, 15) is 4.79 Å². The molecule has 2 aliphatic heterocycles. The van der Waals surface area contributed by atoms with Crippen molar-refractivity contribution < 1.29 is 9.21 Å². The molecule has 8 nitrogen and oxygen atoms in total. The number of carbonyl (C=O) groups is 1. The van der Waals surface area contributed by atoms with E-state index in [1.54, 1.807) is 18.5 Å². The number of halogens is 1. The topological polar surface area (TPSA) is 80.3 Å². The Labute approximate surface area is 189 Å². The fraction of sp³-hybridized carbons (Fsp3) is 0.304. The number of rotatable bonds is 3. The van der Waals surface area contributed by atoms with E-state index in [0.717, 1.165) is 29.6 Å². The van der Waals surface area contributed by atoms with Gasteiger partial charge in [0.25, 0.3) is 11.9 Å². The second-order valence-electron chi connectivity index (χ2n) is 8.47. The molecule has 0 spiro atoms. The van der Waals surface area contributed by atoms with Crippen molar-refractivity contribution in [2.45, 2.75) is 19.4 Å². The number of aromatic nitrogens is 4. The minimum atomic E-state index is -0.000281. The predicted molar refractivity (Wildman–Crippen MR) is 120 cm³/mol. The van der Waals surface area contributed by atoms with E-state index in [4.69, 9.17) is 16.0 Å². The van der Waals surface area contributed by atoms with Crippen LogP contribution in [0.1, 0.15) is 22.3 Å². The summed E-state index contributed by atoms with van der Waals surface area (Å²) in [5, 5.41) is 9.07. The molecule has 4 heterocycles. The van der Waals surface area contributed by atoms with E-state index in [1.165, 1.54) is 4.80 Å². The lowest BCUT2D eigenvalue weighted by molar-refractivity contribution is 0.0783. The highest BCUT2D eigenvalue weighted by molar-refractivity contribution is 6.31. The molecule has 2 aliphatic rings. The van der Waals surface area contributed by atoms with Crippen LogP contribution in [0.25, 0.3) is 16.8 Å². The van der Waals surface area contributed by atoms with Gasteiger partial charge in [-0.2, -0.15) is 20.0 Å². The molecule has 2 unspecified atom stereocenters. The van der Waals surface area contributed by atoms with Gasteiger partial charge in [0.1, 0.15) is 5.52 Å². The third kappa shape index (κ3) is 3.14. The van der Waals surface area contributed by atoms with Crippen LogP contribution in [0, 0.1) is 12.8 Å². The summed E-state index contributed by atoms with van der Waals surface area (Å²) in [5.74, 6) is 0.383. The lowest BCUT2D eigenvalue weighted by Gasteiger charge is -2.23. The van der Waals surface area contributed by atoms with Crippen molar-refractivity contribution in [1.29, 1.82) is 0 Å². The van der Waals surface area contributed by atoms with Crippen LogP contribution in [0.5, 0.6) is 0 Å². The fourth-order valence-electron chi connectivity index (χ4n) is 4.88. The van der Waals surface area contributed by atoms with Crippen molar-refractivity contribution in [1.82, 2.24) is 24.9 Å². The van der Waals surface area contributed by atoms with Gasteiger partial charge in [-0.25, -0.2) is 0 Å². The second kappa shape index (κ2) is 7.34. The van der Waals surface area contributed by atoms with E-state index in [2.05, 4.69) is 20.1 Å². The molecule has 0 saturated carbocycles. The van der Waals surface area contributed by atoms with Gasteiger partial charge in [0.05, 0.1) is 29.7 Å². The van der Waals surface area contributed by atoms with Gasteiger partial charge in [0.2, 0.25) is 0 Å². The molecule has 2 aromatic carbocycles. The standard InChI is InChI=1S/C23H21ClN6O2/c1-14-2-4-19(30-25-7-8-26-30)17(10-14)22(31)28-12-15-6-9-29(20(15)13-28)23-27-18-11-16(24)3-5-21(18)32-23/h2-5,7-8,10-11,15,20H,6,9,12-13H2,1H3. The molecule has 2 atom stereocenters. The van der Waals surface area contributed by atoms with Crippen LogP contribution < -0.4 is 4.90 Å². The van der Waals surface area contributed by atoms with Crippen LogP contribution in [0.4, 0.5) is 6.01 Å². The van der Waals surface area contributed by atoms with Crippen molar-refractivity contribution in [2.75, 3.05) is 24.5 Å². The highest BCUT2D eigenvalue weighted by Crippen LogP contribution is 2.37. The Morgan fingerprint density at radius 2 is 1.97 bits per heavy atom. The zero-order valence-electron chi connectivity index (χ0n) is 17.5. The molecule has 9 heteroatoms. The van der Waals surface area contributed by atoms with Crippen LogP contribution in [-0.2, 0) is 0 Å². The maximum absolute atomic E-state index is 13.6. The van der Waals surface area contributed by atoms with E-state index < -0.39 is 0 Å². The molecule has 0 radical (unpaired) electrons. The zero-order chi connectivity index (χ0) is 21.8. The van der Waals surface area contributed by atoms with Gasteiger partial charge in [0.15, 0.2) is 5.58 Å². The van der Waals surface area contributed by atoms with E-state index in [0.29, 0.717) is 41.3 Å². The minimum absolute atomic E-state index is 0.000281. The van der Waals surface area contributed by atoms with Crippen molar-refractivity contribution in [3.8, 4) is 5.69 Å². The molecule has 2 aromatic heterocycles. The Morgan fingerprint density at radius 1 is 1.12 bits per heavy atom. The lowest BCUT2D eigenvalue weighted by Crippen LogP contribution is -2.37. The molecule has 162 valence electrons. The average Bonchev–Trinajstić information content (AvgIpc) is 3.55. The zero-order valence-corrected chi connectivity index (χ0v) is 18.2. The summed E-state index contributed by atoms with van der Waals surface area (Å²) in [6.07, 6.45) is 4.22. The molecule has 0 bridgehead atoms. The van der Waals surface area contributed by atoms with Crippen molar-refractivity contribution in [3.63, 3.8) is 0 Å². The number of hydrogen-bond donors (Lipinski definition) is 0. The van der Waals surface area contributed by atoms with Crippen LogP contribution in [0.2, 0.25) is 5.02 Å². The molecule has 2 fully saturated rings.